The first-order chi connectivity index (χ1) is 16.0. The first-order valence-corrected chi connectivity index (χ1v) is 13.8. The highest BCUT2D eigenvalue weighted by Gasteiger charge is 2.77. The molecule has 4 N–H and O–H groups in total. The Balaban J connectivity index is 1.60. The van der Waals surface area contributed by atoms with Crippen molar-refractivity contribution in [2.75, 3.05) is 0 Å². The SMILES string of the molecule is Cc1ccc(OC(=O)OC2CCCC2)c(C2OP(=O)(O)C(O)(Cc3cccnc3)[P+](O)(O)O2)c1. The molecule has 2 fully saturated rings. The highest BCUT2D eigenvalue weighted by Crippen LogP contribution is 2.83. The molecule has 0 spiro atoms. The monoisotopic (exact) mass is 514 g/mol. The van der Waals surface area contributed by atoms with Gasteiger partial charge in [-0.25, -0.2) is 4.79 Å². The quantitative estimate of drug-likeness (QED) is 0.261. The van der Waals surface area contributed by atoms with Crippen LogP contribution in [0.25, 0.3) is 0 Å². The van der Waals surface area contributed by atoms with E-state index in [0.29, 0.717) is 5.56 Å². The predicted molar refractivity (Wildman–Crippen MR) is 120 cm³/mol. The Morgan fingerprint density at radius 3 is 2.68 bits per heavy atom. The molecule has 34 heavy (non-hydrogen) atoms. The molecule has 4 rings (SSSR count). The van der Waals surface area contributed by atoms with Crippen molar-refractivity contribution >= 4 is 21.7 Å². The number of ether oxygens (including phenoxy) is 2. The van der Waals surface area contributed by atoms with Crippen molar-refractivity contribution in [3.8, 4) is 5.75 Å². The van der Waals surface area contributed by atoms with E-state index < -0.39 is 39.5 Å². The van der Waals surface area contributed by atoms with Gasteiger partial charge >= 0.3 is 26.8 Å². The summed E-state index contributed by atoms with van der Waals surface area (Å²) in [6.07, 6.45) is 2.41. The van der Waals surface area contributed by atoms with Crippen LogP contribution in [0.3, 0.4) is 0 Å². The minimum absolute atomic E-state index is 0.0476. The molecule has 1 aromatic heterocycles. The standard InChI is InChI=1S/C21H25NO10P2/c1-14-8-9-18(30-20(23)29-16-6-2-3-7-16)17(11-14)19-31-33(25,26)21(24,34(27,28)32-19)12-15-5-4-10-22-13-15/h4-5,8-11,13,16,19,24-26H,2-3,6-7,12H2,1H3/p+1. The molecule has 1 saturated heterocycles. The summed E-state index contributed by atoms with van der Waals surface area (Å²) in [5.74, 6) is -0.115. The summed E-state index contributed by atoms with van der Waals surface area (Å²) in [6, 6.07) is 7.46. The van der Waals surface area contributed by atoms with Gasteiger partial charge in [0.15, 0.2) is 0 Å². The lowest BCUT2D eigenvalue weighted by Crippen LogP contribution is -2.40. The number of rotatable bonds is 5. The second kappa shape index (κ2) is 9.60. The van der Waals surface area contributed by atoms with Crippen LogP contribution >= 0.6 is 15.5 Å². The normalized spacial score (nSPS) is 29.0. The maximum atomic E-state index is 13.1. The number of aromatic nitrogens is 1. The smallest absolute Gasteiger partial charge is 0.431 e. The third-order valence-electron chi connectivity index (χ3n) is 5.74. The summed E-state index contributed by atoms with van der Waals surface area (Å²) in [6.45, 7) is 1.70. The predicted octanol–water partition coefficient (Wildman–Crippen LogP) is 3.71. The number of aryl methyl sites for hydroxylation is 1. The van der Waals surface area contributed by atoms with Crippen molar-refractivity contribution in [2.45, 2.75) is 56.5 Å². The molecule has 1 aromatic carbocycles. The second-order valence-electron chi connectivity index (χ2n) is 8.34. The van der Waals surface area contributed by atoms with Crippen LogP contribution in [0.4, 0.5) is 4.79 Å². The minimum atomic E-state index is -5.13. The first kappa shape index (κ1) is 25.2. The zero-order chi connectivity index (χ0) is 24.6. The van der Waals surface area contributed by atoms with Crippen molar-refractivity contribution in [3.63, 3.8) is 0 Å². The molecule has 2 aromatic rings. The van der Waals surface area contributed by atoms with Crippen LogP contribution in [-0.2, 0) is 24.8 Å². The number of hydrogen-bond acceptors (Lipinski definition) is 10. The van der Waals surface area contributed by atoms with E-state index >= 15 is 0 Å². The fourth-order valence-electron chi connectivity index (χ4n) is 3.91. The van der Waals surface area contributed by atoms with Gasteiger partial charge in [0.05, 0.1) is 12.0 Å². The van der Waals surface area contributed by atoms with Crippen LogP contribution in [0.5, 0.6) is 5.75 Å². The third-order valence-corrected chi connectivity index (χ3v) is 10.4. The highest BCUT2D eigenvalue weighted by molar-refractivity contribution is 7.76. The Kier molecular flexibility index (Phi) is 7.11. The molecule has 0 radical (unpaired) electrons. The number of benzene rings is 1. The number of carbonyl (C=O) groups is 1. The molecule has 11 nitrogen and oxygen atoms in total. The van der Waals surface area contributed by atoms with Gasteiger partial charge in [-0.1, -0.05) is 17.7 Å². The van der Waals surface area contributed by atoms with E-state index in [4.69, 9.17) is 18.5 Å². The van der Waals surface area contributed by atoms with E-state index in [1.54, 1.807) is 13.0 Å². The molecule has 3 unspecified atom stereocenters. The van der Waals surface area contributed by atoms with Crippen molar-refractivity contribution in [2.24, 2.45) is 0 Å². The van der Waals surface area contributed by atoms with Crippen molar-refractivity contribution in [1.29, 1.82) is 0 Å². The molecule has 3 atom stereocenters. The Hall–Kier alpha value is -1.94. The van der Waals surface area contributed by atoms with Gasteiger partial charge in [0.2, 0.25) is 6.29 Å². The summed E-state index contributed by atoms with van der Waals surface area (Å²) in [7, 11) is -10.1. The maximum Gasteiger partial charge on any atom is 0.514 e. The number of aliphatic hydroxyl groups is 1. The molecule has 184 valence electrons. The summed E-state index contributed by atoms with van der Waals surface area (Å²) >= 11 is 0. The van der Waals surface area contributed by atoms with Gasteiger partial charge in [-0.2, -0.15) is 9.79 Å². The van der Waals surface area contributed by atoms with Gasteiger partial charge in [-0.3, -0.25) is 14.1 Å². The maximum absolute atomic E-state index is 13.1. The van der Waals surface area contributed by atoms with Crippen LogP contribution < -0.4 is 4.74 Å². The molecule has 0 bridgehead atoms. The first-order valence-electron chi connectivity index (χ1n) is 10.7. The van der Waals surface area contributed by atoms with Crippen LogP contribution in [0.2, 0.25) is 0 Å². The van der Waals surface area contributed by atoms with Crippen LogP contribution in [0, 0.1) is 6.92 Å². The average Bonchev–Trinajstić information content (AvgIpc) is 3.26. The number of hydrogen-bond donors (Lipinski definition) is 4. The molecule has 2 aliphatic rings. The topological polar surface area (TPSA) is 165 Å². The molecule has 13 heteroatoms. The van der Waals surface area contributed by atoms with Gasteiger partial charge in [-0.15, -0.1) is 4.52 Å². The Morgan fingerprint density at radius 2 is 2.03 bits per heavy atom. The summed E-state index contributed by atoms with van der Waals surface area (Å²) in [5, 5.41) is 7.90. The van der Waals surface area contributed by atoms with Crippen molar-refractivity contribution in [1.82, 2.24) is 4.98 Å². The third kappa shape index (κ3) is 5.03. The highest BCUT2D eigenvalue weighted by atomic mass is 31.3. The number of pyridine rings is 1. The van der Waals surface area contributed by atoms with E-state index in [2.05, 4.69) is 4.98 Å². The van der Waals surface area contributed by atoms with Crippen molar-refractivity contribution < 1.29 is 47.7 Å². The number of carbonyl (C=O) groups excluding carboxylic acids is 1. The van der Waals surface area contributed by atoms with Gasteiger partial charge in [0.1, 0.15) is 11.9 Å². The Morgan fingerprint density at radius 1 is 1.29 bits per heavy atom. The molecular weight excluding hydrogens is 488 g/mol. The molecule has 0 amide bonds. The van der Waals surface area contributed by atoms with Gasteiger partial charge in [-0.05, 0) is 56.4 Å². The fourth-order valence-corrected chi connectivity index (χ4v) is 7.53. The number of nitrogens with zero attached hydrogens (tertiary/aromatic N) is 1. The van der Waals surface area contributed by atoms with E-state index in [1.165, 1.54) is 36.7 Å². The summed E-state index contributed by atoms with van der Waals surface area (Å²) in [5.41, 5.74) is 0.850. The fraction of sp³-hybridized carbons (Fsp3) is 0.429. The summed E-state index contributed by atoms with van der Waals surface area (Å²) < 4.78 is 34.1. The van der Waals surface area contributed by atoms with Gasteiger partial charge in [0, 0.05) is 12.4 Å². The van der Waals surface area contributed by atoms with Gasteiger partial charge in [0.25, 0.3) is 0 Å². The lowest BCUT2D eigenvalue weighted by Gasteiger charge is -2.38. The Labute approximate surface area is 196 Å². The minimum Gasteiger partial charge on any atom is -0.431 e. The van der Waals surface area contributed by atoms with Crippen LogP contribution in [0.1, 0.15) is 48.7 Å². The zero-order valence-electron chi connectivity index (χ0n) is 18.3. The average molecular weight is 514 g/mol. The van der Waals surface area contributed by atoms with E-state index in [0.717, 1.165) is 25.7 Å². The van der Waals surface area contributed by atoms with Gasteiger partial charge < -0.3 is 19.5 Å². The van der Waals surface area contributed by atoms with E-state index in [-0.39, 0.29) is 23.0 Å². The molecular formula is C21H26NO10P2+. The van der Waals surface area contributed by atoms with E-state index in [9.17, 15) is 29.1 Å². The second-order valence-corrected chi connectivity index (χ2v) is 12.7. The zero-order valence-corrected chi connectivity index (χ0v) is 20.1. The van der Waals surface area contributed by atoms with Crippen molar-refractivity contribution in [3.05, 3.63) is 59.4 Å². The largest absolute Gasteiger partial charge is 0.514 e. The Bertz CT molecular complexity index is 1090. The molecule has 1 aliphatic carbocycles. The van der Waals surface area contributed by atoms with Crippen LogP contribution in [0.15, 0.2) is 42.7 Å². The lowest BCUT2D eigenvalue weighted by atomic mass is 10.1. The van der Waals surface area contributed by atoms with Crippen LogP contribution in [-0.4, -0.2) is 42.1 Å². The lowest BCUT2D eigenvalue weighted by molar-refractivity contribution is -0.0692. The summed E-state index contributed by atoms with van der Waals surface area (Å²) in [4.78, 5) is 48.1. The molecule has 1 saturated carbocycles. The molecule has 1 aliphatic heterocycles. The van der Waals surface area contributed by atoms with E-state index in [1.807, 2.05) is 0 Å². The molecule has 2 heterocycles.